The number of alkyl halides is 3. The van der Waals surface area contributed by atoms with Gasteiger partial charge in [0.2, 0.25) is 0 Å². The molecule has 1 spiro atoms. The third-order valence-electron chi connectivity index (χ3n) is 6.48. The van der Waals surface area contributed by atoms with Crippen molar-refractivity contribution in [3.63, 3.8) is 0 Å². The van der Waals surface area contributed by atoms with Gasteiger partial charge in [-0.25, -0.2) is 9.97 Å². The van der Waals surface area contributed by atoms with Crippen molar-refractivity contribution in [2.45, 2.75) is 44.0 Å². The summed E-state index contributed by atoms with van der Waals surface area (Å²) in [5.74, 6) is 0.974. The van der Waals surface area contributed by atoms with E-state index >= 15 is 0 Å². The van der Waals surface area contributed by atoms with Gasteiger partial charge < -0.3 is 14.5 Å². The lowest BCUT2D eigenvalue weighted by atomic mass is 9.72. The maximum absolute atomic E-state index is 12.2. The lowest BCUT2D eigenvalue weighted by Gasteiger charge is -2.54. The molecular weight excluding hydrogens is 449 g/mol. The number of nitrogens with one attached hydrogen (secondary N) is 2. The van der Waals surface area contributed by atoms with Gasteiger partial charge in [-0.3, -0.25) is 0 Å². The Kier molecular flexibility index (Phi) is 6.92. The van der Waals surface area contributed by atoms with Gasteiger partial charge in [0.1, 0.15) is 18.7 Å². The number of ether oxygens (including phenoxy) is 1. The van der Waals surface area contributed by atoms with E-state index in [0.717, 1.165) is 51.4 Å². The number of rotatable bonds is 7. The number of hydrogen-bond acceptors (Lipinski definition) is 7. The fraction of sp³-hybridized carbons (Fsp3) is 0.789. The minimum Gasteiger partial charge on any atom is -0.375 e. The first-order valence-electron chi connectivity index (χ1n) is 10.8. The molecule has 0 aliphatic carbocycles. The van der Waals surface area contributed by atoms with Crippen molar-refractivity contribution in [2.24, 2.45) is 5.41 Å². The van der Waals surface area contributed by atoms with Crippen LogP contribution in [0.4, 0.5) is 19.0 Å². The Hall–Kier alpha value is -1.54. The van der Waals surface area contributed by atoms with Crippen LogP contribution in [-0.2, 0) is 14.9 Å². The number of piperidine rings is 1. The molecule has 4 heterocycles. The van der Waals surface area contributed by atoms with E-state index in [4.69, 9.17) is 4.74 Å². The number of hydrogen-bond donors (Lipinski definition) is 2. The summed E-state index contributed by atoms with van der Waals surface area (Å²) < 4.78 is 69.7. The topological polar surface area (TPSA) is 99.7 Å². The summed E-state index contributed by atoms with van der Waals surface area (Å²) in [6, 6.07) is 1.41. The standard InChI is InChI=1S/C19H29F3N6O3S/c20-19(21,22)11-25-32(29,30)26-15-1-2-16(31-10-15)9-27-7-4-18(5-8-27)12-28(13-18)17-3-6-23-14-24-17/h3,6,14-16,25-26H,1-2,4-5,7-13H2/t15-,16+/m1/s1. The highest BCUT2D eigenvalue weighted by atomic mass is 32.2. The Morgan fingerprint density at radius 3 is 2.56 bits per heavy atom. The van der Waals surface area contributed by atoms with Crippen LogP contribution < -0.4 is 14.3 Å². The zero-order valence-corrected chi connectivity index (χ0v) is 18.5. The first-order chi connectivity index (χ1) is 15.1. The second-order valence-corrected chi connectivity index (χ2v) is 10.5. The van der Waals surface area contributed by atoms with Gasteiger partial charge in [0.15, 0.2) is 0 Å². The van der Waals surface area contributed by atoms with Crippen molar-refractivity contribution in [3.05, 3.63) is 18.6 Å². The summed E-state index contributed by atoms with van der Waals surface area (Å²) in [6.07, 6.45) is 2.17. The average molecular weight is 479 g/mol. The predicted octanol–water partition coefficient (Wildman–Crippen LogP) is 0.913. The fourth-order valence-corrected chi connectivity index (χ4v) is 5.75. The van der Waals surface area contributed by atoms with Crippen LogP contribution in [0.2, 0.25) is 0 Å². The minimum absolute atomic E-state index is 0.00634. The van der Waals surface area contributed by atoms with Gasteiger partial charge in [-0.1, -0.05) is 0 Å². The van der Waals surface area contributed by atoms with E-state index in [1.807, 2.05) is 6.07 Å². The Bertz CT molecular complexity index is 849. The van der Waals surface area contributed by atoms with Crippen LogP contribution in [0, 0.1) is 5.41 Å². The zero-order valence-electron chi connectivity index (χ0n) is 17.7. The molecule has 1 aromatic rings. The molecule has 4 rings (SSSR count). The Balaban J connectivity index is 1.14. The molecule has 0 aromatic carbocycles. The monoisotopic (exact) mass is 478 g/mol. The molecule has 3 saturated heterocycles. The molecule has 0 saturated carbocycles. The predicted molar refractivity (Wildman–Crippen MR) is 111 cm³/mol. The van der Waals surface area contributed by atoms with Crippen LogP contribution in [0.25, 0.3) is 0 Å². The largest absolute Gasteiger partial charge is 0.402 e. The van der Waals surface area contributed by atoms with Crippen molar-refractivity contribution in [2.75, 3.05) is 50.8 Å². The zero-order chi connectivity index (χ0) is 22.8. The molecule has 32 heavy (non-hydrogen) atoms. The molecule has 2 atom stereocenters. The van der Waals surface area contributed by atoms with E-state index in [1.165, 1.54) is 4.72 Å². The van der Waals surface area contributed by atoms with Gasteiger partial charge in [-0.2, -0.15) is 31.0 Å². The van der Waals surface area contributed by atoms with E-state index in [1.54, 1.807) is 12.5 Å². The molecule has 0 bridgehead atoms. The number of likely N-dealkylation sites (tertiary alicyclic amines) is 1. The van der Waals surface area contributed by atoms with Crippen molar-refractivity contribution in [1.82, 2.24) is 24.3 Å². The maximum Gasteiger partial charge on any atom is 0.402 e. The van der Waals surface area contributed by atoms with Gasteiger partial charge >= 0.3 is 6.18 Å². The van der Waals surface area contributed by atoms with Crippen molar-refractivity contribution in [1.29, 1.82) is 0 Å². The summed E-state index contributed by atoms with van der Waals surface area (Å²) in [6.45, 7) is 3.38. The highest BCUT2D eigenvalue weighted by molar-refractivity contribution is 7.87. The second-order valence-electron chi connectivity index (χ2n) is 9.01. The smallest absolute Gasteiger partial charge is 0.375 e. The van der Waals surface area contributed by atoms with Crippen LogP contribution in [0.3, 0.4) is 0 Å². The molecule has 3 aliphatic rings. The first kappa shape index (κ1) is 23.6. The van der Waals surface area contributed by atoms with Gasteiger partial charge in [-0.05, 0) is 44.8 Å². The SMILES string of the molecule is O=S(=O)(NCC(F)(F)F)N[C@@H]1CC[C@@H](CN2CCC3(CC2)CN(c2ccncn2)C3)OC1. The molecule has 2 N–H and O–H groups in total. The molecule has 0 amide bonds. The molecule has 0 radical (unpaired) electrons. The molecule has 3 fully saturated rings. The molecule has 180 valence electrons. The molecule has 1 aromatic heterocycles. The Labute approximate surface area is 185 Å². The van der Waals surface area contributed by atoms with Crippen LogP contribution in [0.5, 0.6) is 0 Å². The quantitative estimate of drug-likeness (QED) is 0.601. The van der Waals surface area contributed by atoms with Crippen molar-refractivity contribution < 1.29 is 26.3 Å². The van der Waals surface area contributed by atoms with Crippen molar-refractivity contribution in [3.8, 4) is 0 Å². The second kappa shape index (κ2) is 9.37. The summed E-state index contributed by atoms with van der Waals surface area (Å²) >= 11 is 0. The van der Waals surface area contributed by atoms with Gasteiger partial charge in [0, 0.05) is 37.3 Å². The van der Waals surface area contributed by atoms with Gasteiger partial charge in [-0.15, -0.1) is 0 Å². The lowest BCUT2D eigenvalue weighted by molar-refractivity contribution is -0.121. The van der Waals surface area contributed by atoms with Gasteiger partial charge in [0.05, 0.1) is 12.7 Å². The van der Waals surface area contributed by atoms with E-state index in [9.17, 15) is 21.6 Å². The third-order valence-corrected chi connectivity index (χ3v) is 7.64. The summed E-state index contributed by atoms with van der Waals surface area (Å²) in [5.41, 5.74) is 0.349. The normalized spacial score (nSPS) is 26.8. The van der Waals surface area contributed by atoms with E-state index in [2.05, 4.69) is 24.5 Å². The molecule has 0 unspecified atom stereocenters. The van der Waals surface area contributed by atoms with Crippen molar-refractivity contribution >= 4 is 16.0 Å². The maximum atomic E-state index is 12.2. The fourth-order valence-electron chi connectivity index (χ4n) is 4.69. The molecule has 3 aliphatic heterocycles. The third kappa shape index (κ3) is 6.28. The average Bonchev–Trinajstić information content (AvgIpc) is 2.73. The minimum atomic E-state index is -4.59. The van der Waals surface area contributed by atoms with Crippen LogP contribution in [-0.4, -0.2) is 87.5 Å². The number of anilines is 1. The Morgan fingerprint density at radius 2 is 1.97 bits per heavy atom. The van der Waals surface area contributed by atoms with Crippen LogP contribution in [0.1, 0.15) is 25.7 Å². The first-order valence-corrected chi connectivity index (χ1v) is 12.3. The highest BCUT2D eigenvalue weighted by Gasteiger charge is 2.45. The molecule has 9 nitrogen and oxygen atoms in total. The van der Waals surface area contributed by atoms with Crippen LogP contribution >= 0.6 is 0 Å². The lowest BCUT2D eigenvalue weighted by Crippen LogP contribution is -2.61. The summed E-state index contributed by atoms with van der Waals surface area (Å²) in [5, 5.41) is 0. The number of aromatic nitrogens is 2. The summed E-state index contributed by atoms with van der Waals surface area (Å²) in [7, 11) is -4.22. The van der Waals surface area contributed by atoms with E-state index < -0.39 is 29.0 Å². The van der Waals surface area contributed by atoms with Gasteiger partial charge in [0.25, 0.3) is 10.2 Å². The number of nitrogens with zero attached hydrogens (tertiary/aromatic N) is 4. The van der Waals surface area contributed by atoms with E-state index in [0.29, 0.717) is 18.3 Å². The molecule has 13 heteroatoms. The number of halogens is 3. The van der Waals surface area contributed by atoms with Crippen LogP contribution in [0.15, 0.2) is 18.6 Å². The highest BCUT2D eigenvalue weighted by Crippen LogP contribution is 2.42. The molecular formula is C19H29F3N6O3S. The summed E-state index contributed by atoms with van der Waals surface area (Å²) in [4.78, 5) is 12.9. The Morgan fingerprint density at radius 1 is 1.22 bits per heavy atom. The van der Waals surface area contributed by atoms with E-state index in [-0.39, 0.29) is 12.7 Å².